The van der Waals surface area contributed by atoms with Gasteiger partial charge in [-0.1, -0.05) is 12.2 Å². The van der Waals surface area contributed by atoms with E-state index in [-0.39, 0.29) is 0 Å². The molecule has 0 radical (unpaired) electrons. The van der Waals surface area contributed by atoms with Crippen molar-refractivity contribution in [1.29, 1.82) is 0 Å². The summed E-state index contributed by atoms with van der Waals surface area (Å²) in [7, 11) is 0. The van der Waals surface area contributed by atoms with Crippen molar-refractivity contribution < 1.29 is 9.47 Å². The first-order chi connectivity index (χ1) is 8.83. The molecule has 4 heteroatoms. The highest BCUT2D eigenvalue weighted by Gasteiger charge is 2.19. The Kier molecular flexibility index (Phi) is 3.57. The number of rotatable bonds is 4. The van der Waals surface area contributed by atoms with Crippen LogP contribution >= 0.6 is 15.9 Å². The third-order valence-corrected chi connectivity index (χ3v) is 3.62. The van der Waals surface area contributed by atoms with E-state index < -0.39 is 0 Å². The number of ether oxygens (including phenoxy) is 2. The first kappa shape index (κ1) is 12.1. The Labute approximate surface area is 115 Å². The maximum absolute atomic E-state index is 5.59. The number of hydrogen-bond donors (Lipinski definition) is 1. The molecule has 1 aromatic rings. The molecule has 2 aliphatic rings. The van der Waals surface area contributed by atoms with Crippen LogP contribution in [0.3, 0.4) is 0 Å². The van der Waals surface area contributed by atoms with E-state index in [1.54, 1.807) is 0 Å². The Balaban J connectivity index is 1.69. The zero-order valence-corrected chi connectivity index (χ0v) is 11.7. The van der Waals surface area contributed by atoms with Gasteiger partial charge in [-0.25, -0.2) is 0 Å². The molecule has 3 rings (SSSR count). The lowest BCUT2D eigenvalue weighted by atomic mass is 10.2. The van der Waals surface area contributed by atoms with Gasteiger partial charge in [-0.2, -0.15) is 0 Å². The predicted molar refractivity (Wildman–Crippen MR) is 75.2 cm³/mol. The van der Waals surface area contributed by atoms with Crippen LogP contribution in [0.4, 0.5) is 0 Å². The van der Waals surface area contributed by atoms with Crippen LogP contribution in [0.5, 0.6) is 11.5 Å². The second-order valence-electron chi connectivity index (χ2n) is 4.61. The monoisotopic (exact) mass is 309 g/mol. The van der Waals surface area contributed by atoms with Crippen molar-refractivity contribution in [3.63, 3.8) is 0 Å². The molecule has 0 bridgehead atoms. The summed E-state index contributed by atoms with van der Waals surface area (Å²) in [6.07, 6.45) is 6.90. The van der Waals surface area contributed by atoms with Crippen LogP contribution in [0.2, 0.25) is 0 Å². The number of fused-ring (bicyclic) bond motifs is 1. The van der Waals surface area contributed by atoms with Gasteiger partial charge in [0.1, 0.15) is 13.2 Å². The molecule has 0 atom stereocenters. The van der Waals surface area contributed by atoms with Gasteiger partial charge in [0.2, 0.25) is 0 Å². The zero-order chi connectivity index (χ0) is 12.4. The van der Waals surface area contributed by atoms with E-state index in [2.05, 4.69) is 39.5 Å². The molecule has 0 spiro atoms. The number of halogens is 1. The summed E-state index contributed by atoms with van der Waals surface area (Å²) in [5.74, 6) is 1.64. The van der Waals surface area contributed by atoms with Crippen LogP contribution < -0.4 is 14.8 Å². The number of benzene rings is 1. The highest BCUT2D eigenvalue weighted by molar-refractivity contribution is 9.10. The second-order valence-corrected chi connectivity index (χ2v) is 5.47. The fourth-order valence-corrected chi connectivity index (χ4v) is 2.52. The van der Waals surface area contributed by atoms with Crippen molar-refractivity contribution in [3.8, 4) is 11.5 Å². The van der Waals surface area contributed by atoms with Gasteiger partial charge < -0.3 is 14.8 Å². The minimum absolute atomic E-state index is 0.617. The first-order valence-electron chi connectivity index (χ1n) is 6.32. The predicted octanol–water partition coefficient (Wildman–Crippen LogP) is 2.99. The summed E-state index contributed by atoms with van der Waals surface area (Å²) in [4.78, 5) is 0. The Morgan fingerprint density at radius 2 is 2.11 bits per heavy atom. The van der Waals surface area contributed by atoms with Crippen molar-refractivity contribution in [2.75, 3.05) is 19.8 Å². The highest BCUT2D eigenvalue weighted by atomic mass is 79.9. The van der Waals surface area contributed by atoms with Crippen molar-refractivity contribution in [3.05, 3.63) is 28.2 Å². The molecule has 1 aliphatic heterocycles. The summed E-state index contributed by atoms with van der Waals surface area (Å²) in [6, 6.07) is 4.83. The molecule has 1 saturated carbocycles. The third kappa shape index (κ3) is 2.87. The van der Waals surface area contributed by atoms with Crippen molar-refractivity contribution in [2.45, 2.75) is 18.9 Å². The van der Waals surface area contributed by atoms with E-state index >= 15 is 0 Å². The molecular formula is C14H16BrNO2. The molecule has 96 valence electrons. The standard InChI is InChI=1S/C14H16BrNO2/c15-12-8-10(2-1-5-16-11-3-4-11)9-13-14(12)18-7-6-17-13/h1-2,8-9,11,16H,3-7H2. The SMILES string of the molecule is Brc1cc(C=CCNC2CC2)cc2c1OCCO2. The molecule has 1 aromatic carbocycles. The zero-order valence-electron chi connectivity index (χ0n) is 10.1. The van der Waals surface area contributed by atoms with Crippen LogP contribution in [-0.4, -0.2) is 25.8 Å². The maximum Gasteiger partial charge on any atom is 0.175 e. The van der Waals surface area contributed by atoms with E-state index in [1.807, 2.05) is 6.07 Å². The van der Waals surface area contributed by atoms with Gasteiger partial charge in [0.05, 0.1) is 4.47 Å². The second kappa shape index (κ2) is 5.33. The molecule has 0 amide bonds. The molecule has 1 N–H and O–H groups in total. The lowest BCUT2D eigenvalue weighted by Gasteiger charge is -2.19. The summed E-state index contributed by atoms with van der Waals surface area (Å²) in [5.41, 5.74) is 1.13. The van der Waals surface area contributed by atoms with E-state index in [0.29, 0.717) is 13.2 Å². The van der Waals surface area contributed by atoms with Crippen LogP contribution in [-0.2, 0) is 0 Å². The summed E-state index contributed by atoms with van der Waals surface area (Å²) < 4.78 is 12.1. The molecule has 0 saturated heterocycles. The molecule has 1 aliphatic carbocycles. The van der Waals surface area contributed by atoms with Crippen LogP contribution in [0.25, 0.3) is 6.08 Å². The van der Waals surface area contributed by atoms with Crippen LogP contribution in [0, 0.1) is 0 Å². The lowest BCUT2D eigenvalue weighted by Crippen LogP contribution is -2.16. The van der Waals surface area contributed by atoms with Gasteiger partial charge in [-0.15, -0.1) is 0 Å². The van der Waals surface area contributed by atoms with E-state index in [0.717, 1.165) is 34.1 Å². The molecule has 0 aromatic heterocycles. The van der Waals surface area contributed by atoms with Gasteiger partial charge in [0, 0.05) is 12.6 Å². The van der Waals surface area contributed by atoms with Gasteiger partial charge in [-0.3, -0.25) is 0 Å². The Bertz CT molecular complexity index is 469. The molecule has 1 fully saturated rings. The average Bonchev–Trinajstić information content (AvgIpc) is 3.19. The average molecular weight is 310 g/mol. The minimum atomic E-state index is 0.617. The highest BCUT2D eigenvalue weighted by Crippen LogP contribution is 2.38. The Morgan fingerprint density at radius 3 is 2.94 bits per heavy atom. The van der Waals surface area contributed by atoms with Crippen LogP contribution in [0.15, 0.2) is 22.7 Å². The number of nitrogens with one attached hydrogen (secondary N) is 1. The van der Waals surface area contributed by atoms with E-state index in [4.69, 9.17) is 9.47 Å². The smallest absolute Gasteiger partial charge is 0.175 e. The first-order valence-corrected chi connectivity index (χ1v) is 7.11. The van der Waals surface area contributed by atoms with E-state index in [9.17, 15) is 0 Å². The fraction of sp³-hybridized carbons (Fsp3) is 0.429. The van der Waals surface area contributed by atoms with Crippen LogP contribution in [0.1, 0.15) is 18.4 Å². The minimum Gasteiger partial charge on any atom is -0.486 e. The normalized spacial score (nSPS) is 18.3. The summed E-state index contributed by atoms with van der Waals surface area (Å²) in [5, 5.41) is 3.45. The van der Waals surface area contributed by atoms with Crippen molar-refractivity contribution >= 4 is 22.0 Å². The molecular weight excluding hydrogens is 294 g/mol. The van der Waals surface area contributed by atoms with E-state index in [1.165, 1.54) is 12.8 Å². The molecule has 18 heavy (non-hydrogen) atoms. The largest absolute Gasteiger partial charge is 0.486 e. The van der Waals surface area contributed by atoms with Gasteiger partial charge in [-0.05, 0) is 46.5 Å². The van der Waals surface area contributed by atoms with Crippen molar-refractivity contribution in [2.24, 2.45) is 0 Å². The van der Waals surface area contributed by atoms with Gasteiger partial charge in [0.15, 0.2) is 11.5 Å². The third-order valence-electron chi connectivity index (χ3n) is 3.03. The molecule has 3 nitrogen and oxygen atoms in total. The molecule has 0 unspecified atom stereocenters. The number of hydrogen-bond acceptors (Lipinski definition) is 3. The topological polar surface area (TPSA) is 30.5 Å². The maximum atomic E-state index is 5.59. The van der Waals surface area contributed by atoms with Gasteiger partial charge >= 0.3 is 0 Å². The summed E-state index contributed by atoms with van der Waals surface area (Å²) in [6.45, 7) is 2.17. The molecule has 1 heterocycles. The Hall–Kier alpha value is -1.00. The van der Waals surface area contributed by atoms with Crippen molar-refractivity contribution in [1.82, 2.24) is 5.32 Å². The van der Waals surface area contributed by atoms with Gasteiger partial charge in [0.25, 0.3) is 0 Å². The summed E-state index contributed by atoms with van der Waals surface area (Å²) >= 11 is 3.52. The lowest BCUT2D eigenvalue weighted by molar-refractivity contribution is 0.170. The fourth-order valence-electron chi connectivity index (χ4n) is 1.94. The Morgan fingerprint density at radius 1 is 1.28 bits per heavy atom. The quantitative estimate of drug-likeness (QED) is 0.927.